The average Bonchev–Trinajstić information content (AvgIpc) is 2.41. The SMILES string of the molecule is COc1ccccc1NS(=O)(=O)c1cc(Br)cnc1N. The van der Waals surface area contributed by atoms with E-state index >= 15 is 0 Å². The molecular formula is C12H12BrN3O3S. The number of hydrogen-bond donors (Lipinski definition) is 2. The summed E-state index contributed by atoms with van der Waals surface area (Å²) < 4.78 is 32.7. The molecule has 0 aliphatic rings. The highest BCUT2D eigenvalue weighted by atomic mass is 79.9. The van der Waals surface area contributed by atoms with Crippen molar-refractivity contribution in [1.29, 1.82) is 0 Å². The topological polar surface area (TPSA) is 94.3 Å². The molecule has 0 spiro atoms. The summed E-state index contributed by atoms with van der Waals surface area (Å²) in [5.74, 6) is 0.341. The van der Waals surface area contributed by atoms with E-state index in [-0.39, 0.29) is 10.7 Å². The second kappa shape index (κ2) is 5.68. The second-order valence-corrected chi connectivity index (χ2v) is 6.41. The van der Waals surface area contributed by atoms with Crippen LogP contribution in [0.25, 0.3) is 0 Å². The number of nitrogens with one attached hydrogen (secondary N) is 1. The Morgan fingerprint density at radius 3 is 2.75 bits per heavy atom. The van der Waals surface area contributed by atoms with Gasteiger partial charge < -0.3 is 10.5 Å². The van der Waals surface area contributed by atoms with Gasteiger partial charge in [-0.15, -0.1) is 0 Å². The molecule has 106 valence electrons. The summed E-state index contributed by atoms with van der Waals surface area (Å²) in [5.41, 5.74) is 5.95. The summed E-state index contributed by atoms with van der Waals surface area (Å²) in [4.78, 5) is 3.71. The van der Waals surface area contributed by atoms with E-state index in [0.29, 0.717) is 15.9 Å². The number of nitrogens with zero attached hydrogens (tertiary/aromatic N) is 1. The summed E-state index contributed by atoms with van der Waals surface area (Å²) in [6.07, 6.45) is 1.43. The van der Waals surface area contributed by atoms with Crippen LogP contribution >= 0.6 is 15.9 Å². The van der Waals surface area contributed by atoms with Crippen LogP contribution < -0.4 is 15.2 Å². The lowest BCUT2D eigenvalue weighted by atomic mass is 10.3. The van der Waals surface area contributed by atoms with Crippen molar-refractivity contribution >= 4 is 37.5 Å². The molecule has 0 fully saturated rings. The Hall–Kier alpha value is -1.80. The Kier molecular flexibility index (Phi) is 4.15. The normalized spacial score (nSPS) is 11.1. The minimum absolute atomic E-state index is 0.0735. The summed E-state index contributed by atoms with van der Waals surface area (Å²) in [6.45, 7) is 0. The van der Waals surface area contributed by atoms with E-state index in [1.54, 1.807) is 24.3 Å². The Bertz CT molecular complexity index is 734. The van der Waals surface area contributed by atoms with Gasteiger partial charge in [0.2, 0.25) is 0 Å². The molecule has 6 nitrogen and oxygen atoms in total. The number of hydrogen-bond acceptors (Lipinski definition) is 5. The molecule has 1 aromatic heterocycles. The molecule has 2 aromatic rings. The van der Waals surface area contributed by atoms with E-state index in [1.807, 2.05) is 0 Å². The molecular weight excluding hydrogens is 346 g/mol. The molecule has 3 N–H and O–H groups in total. The zero-order valence-corrected chi connectivity index (χ0v) is 12.9. The fourth-order valence-corrected chi connectivity index (χ4v) is 3.24. The minimum atomic E-state index is -3.85. The lowest BCUT2D eigenvalue weighted by Crippen LogP contribution is -2.16. The molecule has 0 unspecified atom stereocenters. The smallest absolute Gasteiger partial charge is 0.265 e. The fraction of sp³-hybridized carbons (Fsp3) is 0.0833. The zero-order valence-electron chi connectivity index (χ0n) is 10.5. The van der Waals surface area contributed by atoms with Crippen LogP contribution in [0.15, 0.2) is 45.9 Å². The summed E-state index contributed by atoms with van der Waals surface area (Å²) >= 11 is 3.17. The molecule has 1 heterocycles. The highest BCUT2D eigenvalue weighted by molar-refractivity contribution is 9.10. The maximum atomic E-state index is 12.3. The molecule has 0 radical (unpaired) electrons. The number of benzene rings is 1. The maximum absolute atomic E-state index is 12.3. The van der Waals surface area contributed by atoms with E-state index in [0.717, 1.165) is 0 Å². The number of rotatable bonds is 4. The Morgan fingerprint density at radius 2 is 2.05 bits per heavy atom. The van der Waals surface area contributed by atoms with Crippen LogP contribution in [0.5, 0.6) is 5.75 Å². The molecule has 0 aliphatic heterocycles. The van der Waals surface area contributed by atoms with Crippen LogP contribution in [-0.2, 0) is 10.0 Å². The van der Waals surface area contributed by atoms with Crippen molar-refractivity contribution in [2.75, 3.05) is 17.6 Å². The van der Waals surface area contributed by atoms with Crippen molar-refractivity contribution in [2.24, 2.45) is 0 Å². The first-order valence-electron chi connectivity index (χ1n) is 5.51. The first-order valence-corrected chi connectivity index (χ1v) is 7.78. The number of nitrogen functional groups attached to an aromatic ring is 1. The maximum Gasteiger partial charge on any atom is 0.265 e. The molecule has 0 saturated heterocycles. The first-order chi connectivity index (χ1) is 9.44. The molecule has 0 aliphatic carbocycles. The number of halogens is 1. The van der Waals surface area contributed by atoms with Gasteiger partial charge in [-0.25, -0.2) is 13.4 Å². The zero-order chi connectivity index (χ0) is 14.8. The van der Waals surface area contributed by atoms with Gasteiger partial charge in [0.05, 0.1) is 12.8 Å². The van der Waals surface area contributed by atoms with Gasteiger partial charge in [0.1, 0.15) is 16.5 Å². The second-order valence-electron chi connectivity index (χ2n) is 3.84. The van der Waals surface area contributed by atoms with Crippen molar-refractivity contribution < 1.29 is 13.2 Å². The third kappa shape index (κ3) is 3.02. The van der Waals surface area contributed by atoms with Crippen molar-refractivity contribution in [2.45, 2.75) is 4.90 Å². The van der Waals surface area contributed by atoms with Gasteiger partial charge >= 0.3 is 0 Å². The lowest BCUT2D eigenvalue weighted by molar-refractivity contribution is 0.417. The predicted molar refractivity (Wildman–Crippen MR) is 80.2 cm³/mol. The Balaban J connectivity index is 2.43. The molecule has 1 aromatic carbocycles. The molecule has 0 atom stereocenters. The Morgan fingerprint density at radius 1 is 1.35 bits per heavy atom. The highest BCUT2D eigenvalue weighted by Gasteiger charge is 2.20. The summed E-state index contributed by atoms with van der Waals surface area (Å²) in [7, 11) is -2.39. The van der Waals surface area contributed by atoms with Crippen LogP contribution in [0, 0.1) is 0 Å². The molecule has 0 saturated carbocycles. The van der Waals surface area contributed by atoms with E-state index in [4.69, 9.17) is 10.5 Å². The number of sulfonamides is 1. The molecule has 8 heteroatoms. The van der Waals surface area contributed by atoms with Crippen LogP contribution in [0.1, 0.15) is 0 Å². The molecule has 2 rings (SSSR count). The van der Waals surface area contributed by atoms with E-state index in [1.165, 1.54) is 19.4 Å². The van der Waals surface area contributed by atoms with Gasteiger partial charge in [-0.3, -0.25) is 4.72 Å². The van der Waals surface area contributed by atoms with E-state index < -0.39 is 10.0 Å². The largest absolute Gasteiger partial charge is 0.495 e. The quantitative estimate of drug-likeness (QED) is 0.874. The van der Waals surface area contributed by atoms with Gasteiger partial charge in [0.25, 0.3) is 10.0 Å². The van der Waals surface area contributed by atoms with Crippen molar-refractivity contribution in [1.82, 2.24) is 4.98 Å². The number of nitrogens with two attached hydrogens (primary N) is 1. The highest BCUT2D eigenvalue weighted by Crippen LogP contribution is 2.28. The predicted octanol–water partition coefficient (Wildman–Crippen LogP) is 2.24. The van der Waals surface area contributed by atoms with Crippen molar-refractivity contribution in [3.63, 3.8) is 0 Å². The monoisotopic (exact) mass is 357 g/mol. The number of ether oxygens (including phenoxy) is 1. The van der Waals surface area contributed by atoms with Crippen molar-refractivity contribution in [3.8, 4) is 5.75 Å². The van der Waals surface area contributed by atoms with E-state index in [2.05, 4.69) is 25.6 Å². The first kappa shape index (κ1) is 14.6. The summed E-state index contributed by atoms with van der Waals surface area (Å²) in [6, 6.07) is 8.08. The molecule has 20 heavy (non-hydrogen) atoms. The van der Waals surface area contributed by atoms with Gasteiger partial charge in [0.15, 0.2) is 0 Å². The van der Waals surface area contributed by atoms with Gasteiger partial charge in [-0.05, 0) is 34.1 Å². The van der Waals surface area contributed by atoms with Gasteiger partial charge in [0, 0.05) is 10.7 Å². The summed E-state index contributed by atoms with van der Waals surface area (Å²) in [5, 5.41) is 0. The third-order valence-corrected chi connectivity index (χ3v) is 4.32. The lowest BCUT2D eigenvalue weighted by Gasteiger charge is -2.12. The minimum Gasteiger partial charge on any atom is -0.495 e. The fourth-order valence-electron chi connectivity index (χ4n) is 1.58. The van der Waals surface area contributed by atoms with Crippen LogP contribution in [0.3, 0.4) is 0 Å². The number of methoxy groups -OCH3 is 1. The number of anilines is 2. The number of para-hydroxylation sites is 2. The standard InChI is InChI=1S/C12H12BrN3O3S/c1-19-10-5-3-2-4-9(10)16-20(17,18)11-6-8(13)7-15-12(11)14/h2-7,16H,1H3,(H2,14,15). The number of pyridine rings is 1. The molecule has 0 bridgehead atoms. The Labute approximate surface area is 125 Å². The van der Waals surface area contributed by atoms with Crippen LogP contribution in [0.2, 0.25) is 0 Å². The van der Waals surface area contributed by atoms with E-state index in [9.17, 15) is 8.42 Å². The van der Waals surface area contributed by atoms with Gasteiger partial charge in [-0.1, -0.05) is 12.1 Å². The molecule has 0 amide bonds. The number of aromatic nitrogens is 1. The van der Waals surface area contributed by atoms with Crippen LogP contribution in [-0.4, -0.2) is 20.5 Å². The van der Waals surface area contributed by atoms with Crippen LogP contribution in [0.4, 0.5) is 11.5 Å². The van der Waals surface area contributed by atoms with Crippen molar-refractivity contribution in [3.05, 3.63) is 41.0 Å². The third-order valence-electron chi connectivity index (χ3n) is 2.49. The van der Waals surface area contributed by atoms with Gasteiger partial charge in [-0.2, -0.15) is 0 Å². The average molecular weight is 358 g/mol.